The summed E-state index contributed by atoms with van der Waals surface area (Å²) in [5.74, 6) is -0.394. The van der Waals surface area contributed by atoms with Crippen LogP contribution in [-0.2, 0) is 11.3 Å². The van der Waals surface area contributed by atoms with Gasteiger partial charge in [-0.25, -0.2) is 4.39 Å². The molecule has 2 aromatic carbocycles. The van der Waals surface area contributed by atoms with Crippen LogP contribution in [0.5, 0.6) is 0 Å². The average Bonchev–Trinajstić information content (AvgIpc) is 3.04. The van der Waals surface area contributed by atoms with E-state index in [2.05, 4.69) is 39.8 Å². The quantitative estimate of drug-likeness (QED) is 0.849. The molecule has 2 aromatic rings. The van der Waals surface area contributed by atoms with Gasteiger partial charge in [0.2, 0.25) is 5.91 Å². The molecule has 2 N–H and O–H groups in total. The molecule has 5 heteroatoms. The van der Waals surface area contributed by atoms with E-state index in [1.54, 1.807) is 13.0 Å². The van der Waals surface area contributed by atoms with Gasteiger partial charge >= 0.3 is 0 Å². The number of rotatable bonds is 6. The number of hydrogen-bond donors (Lipinski definition) is 2. The minimum Gasteiger partial charge on any atom is -0.325 e. The van der Waals surface area contributed by atoms with E-state index in [1.165, 1.54) is 17.7 Å². The van der Waals surface area contributed by atoms with Gasteiger partial charge < -0.3 is 10.6 Å². The second-order valence-corrected chi connectivity index (χ2v) is 6.59. The highest BCUT2D eigenvalue weighted by Crippen LogP contribution is 2.16. The van der Waals surface area contributed by atoms with Gasteiger partial charge in [0.25, 0.3) is 0 Å². The Morgan fingerprint density at radius 1 is 1.24 bits per heavy atom. The van der Waals surface area contributed by atoms with E-state index in [-0.39, 0.29) is 18.3 Å². The zero-order valence-corrected chi connectivity index (χ0v) is 14.5. The molecule has 0 saturated carbocycles. The van der Waals surface area contributed by atoms with E-state index < -0.39 is 0 Å². The first-order valence-electron chi connectivity index (χ1n) is 8.66. The molecule has 4 nitrogen and oxygen atoms in total. The maximum Gasteiger partial charge on any atom is 0.238 e. The van der Waals surface area contributed by atoms with Gasteiger partial charge in [-0.1, -0.05) is 30.3 Å². The van der Waals surface area contributed by atoms with E-state index in [4.69, 9.17) is 0 Å². The van der Waals surface area contributed by atoms with Gasteiger partial charge in [0.1, 0.15) is 5.82 Å². The molecule has 1 atom stereocenters. The first-order chi connectivity index (χ1) is 12.1. The number of carbonyl (C=O) groups is 1. The monoisotopic (exact) mass is 341 g/mol. The number of hydrogen-bond acceptors (Lipinski definition) is 3. The lowest BCUT2D eigenvalue weighted by Gasteiger charge is -2.17. The van der Waals surface area contributed by atoms with Crippen LogP contribution in [0.3, 0.4) is 0 Å². The Labute approximate surface area is 148 Å². The van der Waals surface area contributed by atoms with Crippen molar-refractivity contribution in [3.8, 4) is 0 Å². The Balaban J connectivity index is 1.42. The number of halogens is 1. The molecule has 0 aromatic heterocycles. The molecular formula is C20H24FN3O. The third-order valence-corrected chi connectivity index (χ3v) is 4.54. The van der Waals surface area contributed by atoms with Gasteiger partial charge in [-0.15, -0.1) is 0 Å². The average molecular weight is 341 g/mol. The number of carbonyl (C=O) groups excluding carboxylic acids is 1. The van der Waals surface area contributed by atoms with Crippen LogP contribution < -0.4 is 10.6 Å². The molecule has 0 radical (unpaired) electrons. The van der Waals surface area contributed by atoms with E-state index in [9.17, 15) is 9.18 Å². The zero-order valence-electron chi connectivity index (χ0n) is 14.5. The standard InChI is InChI=1S/C20H24FN3O/c1-15-11-17(21)7-8-19(15)23-20(25)12-22-18-9-10-24(14-18)13-16-5-3-2-4-6-16/h2-8,11,18,22H,9-10,12-14H2,1H3,(H,23,25). The summed E-state index contributed by atoms with van der Waals surface area (Å²) >= 11 is 0. The van der Waals surface area contributed by atoms with Crippen LogP contribution in [-0.4, -0.2) is 36.5 Å². The Kier molecular flexibility index (Phi) is 5.79. The van der Waals surface area contributed by atoms with Crippen molar-refractivity contribution in [2.24, 2.45) is 0 Å². The summed E-state index contributed by atoms with van der Waals surface area (Å²) in [6.07, 6.45) is 1.04. The fourth-order valence-electron chi connectivity index (χ4n) is 3.18. The van der Waals surface area contributed by atoms with Gasteiger partial charge in [-0.2, -0.15) is 0 Å². The van der Waals surface area contributed by atoms with Crippen molar-refractivity contribution in [2.45, 2.75) is 25.9 Å². The lowest BCUT2D eigenvalue weighted by molar-refractivity contribution is -0.115. The second-order valence-electron chi connectivity index (χ2n) is 6.59. The van der Waals surface area contributed by atoms with Crippen molar-refractivity contribution >= 4 is 11.6 Å². The van der Waals surface area contributed by atoms with Crippen LogP contribution >= 0.6 is 0 Å². The minimum atomic E-state index is -0.293. The minimum absolute atomic E-state index is 0.101. The van der Waals surface area contributed by atoms with Crippen molar-refractivity contribution in [1.82, 2.24) is 10.2 Å². The number of likely N-dealkylation sites (tertiary alicyclic amines) is 1. The Bertz CT molecular complexity index is 720. The maximum atomic E-state index is 13.1. The topological polar surface area (TPSA) is 44.4 Å². The van der Waals surface area contributed by atoms with Crippen LogP contribution in [0, 0.1) is 12.7 Å². The molecule has 1 unspecified atom stereocenters. The summed E-state index contributed by atoms with van der Waals surface area (Å²) in [5, 5.41) is 6.15. The number of anilines is 1. The number of amides is 1. The molecular weight excluding hydrogens is 317 g/mol. The van der Waals surface area contributed by atoms with E-state index in [1.807, 2.05) is 6.07 Å². The molecule has 0 bridgehead atoms. The summed E-state index contributed by atoms with van der Waals surface area (Å²) in [5.41, 5.74) is 2.70. The summed E-state index contributed by atoms with van der Waals surface area (Å²) < 4.78 is 13.1. The molecule has 1 saturated heterocycles. The van der Waals surface area contributed by atoms with Crippen LogP contribution in [0.15, 0.2) is 48.5 Å². The summed E-state index contributed by atoms with van der Waals surface area (Å²) in [7, 11) is 0. The third kappa shape index (κ3) is 5.11. The lowest BCUT2D eigenvalue weighted by Crippen LogP contribution is -2.38. The highest BCUT2D eigenvalue weighted by Gasteiger charge is 2.22. The summed E-state index contributed by atoms with van der Waals surface area (Å²) in [6, 6.07) is 15.1. The molecule has 0 aliphatic carbocycles. The van der Waals surface area contributed by atoms with Crippen LogP contribution in [0.25, 0.3) is 0 Å². The van der Waals surface area contributed by atoms with Gasteiger partial charge in [-0.3, -0.25) is 9.69 Å². The van der Waals surface area contributed by atoms with Crippen LogP contribution in [0.1, 0.15) is 17.5 Å². The molecule has 0 spiro atoms. The Morgan fingerprint density at radius 3 is 2.80 bits per heavy atom. The Hall–Kier alpha value is -2.24. The fourth-order valence-corrected chi connectivity index (χ4v) is 3.18. The lowest BCUT2D eigenvalue weighted by atomic mass is 10.2. The van der Waals surface area contributed by atoms with E-state index >= 15 is 0 Å². The van der Waals surface area contributed by atoms with Gasteiger partial charge in [-0.05, 0) is 42.7 Å². The molecule has 1 heterocycles. The number of nitrogens with one attached hydrogen (secondary N) is 2. The number of nitrogens with zero attached hydrogens (tertiary/aromatic N) is 1. The highest BCUT2D eigenvalue weighted by molar-refractivity contribution is 5.92. The smallest absolute Gasteiger partial charge is 0.238 e. The molecule has 1 amide bonds. The first-order valence-corrected chi connectivity index (χ1v) is 8.66. The molecule has 132 valence electrons. The van der Waals surface area contributed by atoms with E-state index in [0.717, 1.165) is 31.6 Å². The van der Waals surface area contributed by atoms with Gasteiger partial charge in [0.15, 0.2) is 0 Å². The third-order valence-electron chi connectivity index (χ3n) is 4.54. The van der Waals surface area contributed by atoms with Crippen molar-refractivity contribution in [2.75, 3.05) is 25.0 Å². The van der Waals surface area contributed by atoms with Crippen LogP contribution in [0.2, 0.25) is 0 Å². The second kappa shape index (κ2) is 8.23. The SMILES string of the molecule is Cc1cc(F)ccc1NC(=O)CNC1CCN(Cc2ccccc2)C1. The van der Waals surface area contributed by atoms with Gasteiger partial charge in [0, 0.05) is 31.4 Å². The number of benzene rings is 2. The predicted octanol–water partition coefficient (Wildman–Crippen LogP) is 2.94. The van der Waals surface area contributed by atoms with Crippen molar-refractivity contribution in [3.63, 3.8) is 0 Å². The first kappa shape index (κ1) is 17.6. The normalized spacial score (nSPS) is 17.6. The number of aryl methyl sites for hydroxylation is 1. The predicted molar refractivity (Wildman–Crippen MR) is 97.9 cm³/mol. The Morgan fingerprint density at radius 2 is 2.04 bits per heavy atom. The molecule has 1 fully saturated rings. The van der Waals surface area contributed by atoms with Crippen LogP contribution in [0.4, 0.5) is 10.1 Å². The van der Waals surface area contributed by atoms with Crippen molar-refractivity contribution in [1.29, 1.82) is 0 Å². The highest BCUT2D eigenvalue weighted by atomic mass is 19.1. The molecule has 25 heavy (non-hydrogen) atoms. The molecule has 1 aliphatic heterocycles. The molecule has 3 rings (SSSR count). The van der Waals surface area contributed by atoms with E-state index in [0.29, 0.717) is 11.7 Å². The fraction of sp³-hybridized carbons (Fsp3) is 0.350. The van der Waals surface area contributed by atoms with Crippen molar-refractivity contribution < 1.29 is 9.18 Å². The maximum absolute atomic E-state index is 13.1. The van der Waals surface area contributed by atoms with Crippen molar-refractivity contribution in [3.05, 3.63) is 65.5 Å². The summed E-state index contributed by atoms with van der Waals surface area (Å²) in [4.78, 5) is 14.5. The summed E-state index contributed by atoms with van der Waals surface area (Å²) in [6.45, 7) is 4.97. The largest absolute Gasteiger partial charge is 0.325 e. The molecule has 1 aliphatic rings. The zero-order chi connectivity index (χ0) is 17.6. The van der Waals surface area contributed by atoms with Gasteiger partial charge in [0.05, 0.1) is 6.54 Å².